The lowest BCUT2D eigenvalue weighted by molar-refractivity contribution is -0.191. The van der Waals surface area contributed by atoms with Crippen molar-refractivity contribution in [3.63, 3.8) is 0 Å². The number of nitrogens with zero attached hydrogens (tertiary/aromatic N) is 1. The highest BCUT2D eigenvalue weighted by molar-refractivity contribution is 6.11. The van der Waals surface area contributed by atoms with Gasteiger partial charge < -0.3 is 19.9 Å². The third-order valence-corrected chi connectivity index (χ3v) is 6.36. The van der Waals surface area contributed by atoms with Crippen molar-refractivity contribution in [3.8, 4) is 0 Å². The van der Waals surface area contributed by atoms with E-state index < -0.39 is 46.9 Å². The quantitative estimate of drug-likeness (QED) is 0.463. The largest absolute Gasteiger partial charge is 0.762 e. The Labute approximate surface area is 172 Å². The second kappa shape index (κ2) is 7.32. The summed E-state index contributed by atoms with van der Waals surface area (Å²) in [5, 5.41) is 23.2. The van der Waals surface area contributed by atoms with Gasteiger partial charge in [0.15, 0.2) is 5.78 Å². The molecule has 1 fully saturated rings. The summed E-state index contributed by atoms with van der Waals surface area (Å²) in [6.07, 6.45) is 0. The number of ether oxygens (including phenoxy) is 2. The van der Waals surface area contributed by atoms with E-state index in [1.54, 1.807) is 54.6 Å². The third-order valence-electron chi connectivity index (χ3n) is 6.36. The lowest BCUT2D eigenvalue weighted by Gasteiger charge is -2.54. The summed E-state index contributed by atoms with van der Waals surface area (Å²) < 4.78 is 9.76. The van der Waals surface area contributed by atoms with E-state index in [1.807, 2.05) is 0 Å². The topological polar surface area (TPSA) is 116 Å². The van der Waals surface area contributed by atoms with Crippen LogP contribution in [-0.2, 0) is 29.4 Å². The molecule has 1 saturated carbocycles. The van der Waals surface area contributed by atoms with Crippen LogP contribution in [0.1, 0.15) is 28.5 Å². The number of methoxy groups -OCH3 is 2. The molecule has 8 heteroatoms. The molecule has 8 nitrogen and oxygen atoms in total. The van der Waals surface area contributed by atoms with Gasteiger partial charge in [0.05, 0.1) is 19.8 Å². The molecule has 5 atom stereocenters. The van der Waals surface area contributed by atoms with Gasteiger partial charge in [0.25, 0.3) is 0 Å². The van der Waals surface area contributed by atoms with Crippen molar-refractivity contribution in [1.82, 2.24) is 5.23 Å². The van der Waals surface area contributed by atoms with Crippen LogP contribution in [0.4, 0.5) is 0 Å². The molecule has 2 aliphatic rings. The van der Waals surface area contributed by atoms with Crippen molar-refractivity contribution in [1.29, 1.82) is 0 Å². The van der Waals surface area contributed by atoms with Gasteiger partial charge in [0.1, 0.15) is 11.8 Å². The Morgan fingerprint density at radius 1 is 0.900 bits per heavy atom. The van der Waals surface area contributed by atoms with Gasteiger partial charge >= 0.3 is 11.9 Å². The molecule has 0 saturated heterocycles. The van der Waals surface area contributed by atoms with Crippen LogP contribution in [0.25, 0.3) is 0 Å². The van der Waals surface area contributed by atoms with Gasteiger partial charge in [-0.25, -0.2) is 0 Å². The molecule has 2 aromatic rings. The molecule has 2 aliphatic carbocycles. The van der Waals surface area contributed by atoms with Crippen LogP contribution in [-0.4, -0.2) is 42.4 Å². The molecule has 0 radical (unpaired) electrons. The van der Waals surface area contributed by atoms with Gasteiger partial charge in [-0.15, -0.1) is 0 Å². The maximum atomic E-state index is 13.4. The number of hydroxylamine groups is 2. The third kappa shape index (κ3) is 2.48. The number of ketones is 1. The van der Waals surface area contributed by atoms with E-state index in [9.17, 15) is 24.8 Å². The van der Waals surface area contributed by atoms with E-state index in [-0.39, 0.29) is 5.23 Å². The number of hydrogen-bond donors (Lipinski definition) is 1. The van der Waals surface area contributed by atoms with Crippen molar-refractivity contribution >= 4 is 17.7 Å². The Bertz CT molecular complexity index is 951. The zero-order valence-electron chi connectivity index (χ0n) is 16.3. The Balaban J connectivity index is 2.12. The summed E-state index contributed by atoms with van der Waals surface area (Å²) in [6.45, 7) is 0. The number of benzene rings is 2. The van der Waals surface area contributed by atoms with Crippen LogP contribution in [0.5, 0.6) is 0 Å². The molecule has 0 aromatic heterocycles. The number of fused-ring (bicyclic) bond motifs is 5. The molecular weight excluding hydrogens is 390 g/mol. The van der Waals surface area contributed by atoms with Gasteiger partial charge in [-0.1, -0.05) is 54.6 Å². The molecule has 2 bridgehead atoms. The molecule has 2 aromatic carbocycles. The molecule has 1 unspecified atom stereocenters. The summed E-state index contributed by atoms with van der Waals surface area (Å²) in [7, 11) is 2.27. The van der Waals surface area contributed by atoms with Gasteiger partial charge in [-0.05, 0) is 16.7 Å². The highest BCUT2D eigenvalue weighted by Gasteiger charge is 2.69. The molecule has 0 spiro atoms. The maximum absolute atomic E-state index is 13.4. The van der Waals surface area contributed by atoms with E-state index in [0.717, 1.165) is 14.2 Å². The summed E-state index contributed by atoms with van der Waals surface area (Å²) >= 11 is 0. The number of Topliss-reactive ketones (excluding diaryl/α,β-unsaturated/α-hetero) is 1. The minimum atomic E-state index is -1.80. The monoisotopic (exact) mass is 410 g/mol. The first-order chi connectivity index (χ1) is 14.4. The van der Waals surface area contributed by atoms with Crippen molar-refractivity contribution in [2.75, 3.05) is 14.2 Å². The predicted octanol–water partition coefficient (Wildman–Crippen LogP) is 2.11. The van der Waals surface area contributed by atoms with Crippen molar-refractivity contribution in [2.45, 2.75) is 17.4 Å². The SMILES string of the molecule is COC(=O)[C@@H]1C(=O)[C@H](C(=O)OC)[C@H]2c3ccccc3[C@H]1C2(c1ccccc1)N([O-])O. The summed E-state index contributed by atoms with van der Waals surface area (Å²) in [4.78, 5) is 38.9. The minimum Gasteiger partial charge on any atom is -0.762 e. The molecule has 1 N–H and O–H groups in total. The number of esters is 2. The number of carbonyl (C=O) groups is 3. The average molecular weight is 410 g/mol. The fourth-order valence-electron chi connectivity index (χ4n) is 5.31. The summed E-state index contributed by atoms with van der Waals surface area (Å²) in [5.74, 6) is -7.49. The van der Waals surface area contributed by atoms with E-state index >= 15 is 0 Å². The smallest absolute Gasteiger partial charge is 0.316 e. The van der Waals surface area contributed by atoms with Crippen LogP contribution in [0, 0.1) is 17.0 Å². The van der Waals surface area contributed by atoms with Crippen molar-refractivity contribution in [2.24, 2.45) is 11.8 Å². The van der Waals surface area contributed by atoms with Gasteiger partial charge in [0, 0.05) is 11.8 Å². The standard InChI is InChI=1S/C22H20NO7/c1-29-20(25)15-17-13-10-6-7-11-14(13)18(16(19(15)24)21(26)30-2)22(17,23(27)28)12-8-4-3-5-9-12/h3-11,15-18,27H,1-2H3/q-1/t15-,16+,17-,18-,22?/m1/s1. The Morgan fingerprint density at radius 3 is 1.73 bits per heavy atom. The van der Waals surface area contributed by atoms with E-state index in [4.69, 9.17) is 9.47 Å². The van der Waals surface area contributed by atoms with Gasteiger partial charge in [0.2, 0.25) is 0 Å². The molecule has 0 heterocycles. The van der Waals surface area contributed by atoms with Crippen molar-refractivity contribution < 1.29 is 29.1 Å². The molecule has 30 heavy (non-hydrogen) atoms. The molecule has 4 rings (SSSR count). The maximum Gasteiger partial charge on any atom is 0.316 e. The summed E-state index contributed by atoms with van der Waals surface area (Å²) in [6, 6.07) is 15.2. The van der Waals surface area contributed by atoms with Crippen LogP contribution in [0.15, 0.2) is 54.6 Å². The Kier molecular flexibility index (Phi) is 4.93. The highest BCUT2D eigenvalue weighted by atomic mass is 16.8. The second-order valence-electron chi connectivity index (χ2n) is 7.45. The fraction of sp³-hybridized carbons (Fsp3) is 0.318. The Hall–Kier alpha value is -3.07. The van der Waals surface area contributed by atoms with Crippen molar-refractivity contribution in [3.05, 3.63) is 76.5 Å². The van der Waals surface area contributed by atoms with Crippen LogP contribution < -0.4 is 0 Å². The predicted molar refractivity (Wildman–Crippen MR) is 103 cm³/mol. The van der Waals surface area contributed by atoms with E-state index in [1.165, 1.54) is 0 Å². The number of hydrogen-bond acceptors (Lipinski definition) is 8. The zero-order valence-corrected chi connectivity index (χ0v) is 16.3. The first-order valence-corrected chi connectivity index (χ1v) is 9.41. The average Bonchev–Trinajstić information content (AvgIpc) is 3.00. The van der Waals surface area contributed by atoms with Crippen LogP contribution >= 0.6 is 0 Å². The first kappa shape index (κ1) is 20.2. The highest BCUT2D eigenvalue weighted by Crippen LogP contribution is 2.66. The van der Waals surface area contributed by atoms with Gasteiger partial charge in [-0.3, -0.25) is 19.6 Å². The summed E-state index contributed by atoms with van der Waals surface area (Å²) in [5.41, 5.74) is -0.340. The Morgan fingerprint density at radius 2 is 1.33 bits per heavy atom. The lowest BCUT2D eigenvalue weighted by Crippen LogP contribution is -2.60. The molecular formula is C22H20NO7-. The number of carbonyl (C=O) groups excluding carboxylic acids is 3. The minimum absolute atomic E-state index is 0.212. The van der Waals surface area contributed by atoms with E-state index in [0.29, 0.717) is 16.7 Å². The van der Waals surface area contributed by atoms with Crippen LogP contribution in [0.3, 0.4) is 0 Å². The second-order valence-corrected chi connectivity index (χ2v) is 7.45. The fourth-order valence-corrected chi connectivity index (χ4v) is 5.31. The normalized spacial score (nSPS) is 29.4. The molecule has 0 amide bonds. The van der Waals surface area contributed by atoms with E-state index in [2.05, 4.69) is 0 Å². The molecule has 0 aliphatic heterocycles. The first-order valence-electron chi connectivity index (χ1n) is 9.41. The lowest BCUT2D eigenvalue weighted by atomic mass is 9.57. The zero-order chi connectivity index (χ0) is 21.6. The van der Waals surface area contributed by atoms with Gasteiger partial charge in [-0.2, -0.15) is 0 Å². The molecule has 156 valence electrons. The van der Waals surface area contributed by atoms with Crippen LogP contribution in [0.2, 0.25) is 0 Å². The number of rotatable bonds is 4.